The summed E-state index contributed by atoms with van der Waals surface area (Å²) in [7, 11) is 0. The van der Waals surface area contributed by atoms with E-state index in [-0.39, 0.29) is 17.2 Å². The first kappa shape index (κ1) is 14.1. The monoisotopic (exact) mass is 296 g/mol. The fraction of sp³-hybridized carbons (Fsp3) is 0.111. The predicted octanol–water partition coefficient (Wildman–Crippen LogP) is 3.73. The van der Waals surface area contributed by atoms with Crippen LogP contribution in [0.4, 0.5) is 0 Å². The number of rotatable bonds is 3. The van der Waals surface area contributed by atoms with Crippen LogP contribution >= 0.6 is 0 Å². The highest BCUT2D eigenvalue weighted by molar-refractivity contribution is 5.73. The topological polar surface area (TPSA) is 69.9 Å². The van der Waals surface area contributed by atoms with Gasteiger partial charge in [-0.25, -0.2) is 0 Å². The Balaban J connectivity index is 2.11. The molecule has 112 valence electrons. The maximum absolute atomic E-state index is 10.1. The molecule has 1 heterocycles. The van der Waals surface area contributed by atoms with E-state index in [0.29, 0.717) is 29.9 Å². The van der Waals surface area contributed by atoms with Crippen LogP contribution in [-0.2, 0) is 6.42 Å². The lowest BCUT2D eigenvalue weighted by Crippen LogP contribution is -2.09. The molecular weight excluding hydrogens is 280 g/mol. The van der Waals surface area contributed by atoms with Gasteiger partial charge in [-0.3, -0.25) is 0 Å². The fourth-order valence-electron chi connectivity index (χ4n) is 2.57. The molecule has 0 radical (unpaired) electrons. The molecule has 0 atom stereocenters. The summed E-state index contributed by atoms with van der Waals surface area (Å²) >= 11 is 0. The Morgan fingerprint density at radius 2 is 1.77 bits per heavy atom. The van der Waals surface area contributed by atoms with Crippen molar-refractivity contribution in [1.82, 2.24) is 0 Å². The van der Waals surface area contributed by atoms with Gasteiger partial charge in [0.25, 0.3) is 0 Å². The number of fused-ring (bicyclic) bond motifs is 1. The van der Waals surface area contributed by atoms with Gasteiger partial charge in [-0.2, -0.15) is 0 Å². The highest BCUT2D eigenvalue weighted by Gasteiger charge is 2.22. The maximum Gasteiger partial charge on any atom is 0.138 e. The van der Waals surface area contributed by atoms with Gasteiger partial charge in [-0.05, 0) is 35.8 Å². The first-order valence-electron chi connectivity index (χ1n) is 6.93. The van der Waals surface area contributed by atoms with Crippen molar-refractivity contribution in [3.05, 3.63) is 65.8 Å². The van der Waals surface area contributed by atoms with Crippen LogP contribution in [0.5, 0.6) is 23.0 Å². The van der Waals surface area contributed by atoms with Gasteiger partial charge in [0, 0.05) is 18.6 Å². The van der Waals surface area contributed by atoms with Crippen LogP contribution in [0.25, 0.3) is 5.76 Å². The number of benzene rings is 2. The zero-order valence-corrected chi connectivity index (χ0v) is 11.9. The normalized spacial score (nSPS) is 13.5. The Labute approximate surface area is 128 Å². The van der Waals surface area contributed by atoms with Gasteiger partial charge in [0.2, 0.25) is 0 Å². The smallest absolute Gasteiger partial charge is 0.138 e. The highest BCUT2D eigenvalue weighted by Crippen LogP contribution is 2.40. The van der Waals surface area contributed by atoms with E-state index in [4.69, 9.17) is 4.74 Å². The zero-order chi connectivity index (χ0) is 15.7. The summed E-state index contributed by atoms with van der Waals surface area (Å²) in [4.78, 5) is 0. The third-order valence-corrected chi connectivity index (χ3v) is 3.60. The zero-order valence-electron chi connectivity index (χ0n) is 11.9. The third kappa shape index (κ3) is 2.51. The van der Waals surface area contributed by atoms with E-state index in [1.165, 1.54) is 12.1 Å². The van der Waals surface area contributed by atoms with Crippen molar-refractivity contribution in [2.45, 2.75) is 12.8 Å². The van der Waals surface area contributed by atoms with E-state index in [1.807, 2.05) is 6.07 Å². The molecule has 3 N–H and O–H groups in total. The molecule has 4 heteroatoms. The Hall–Kier alpha value is -2.88. The molecule has 0 unspecified atom stereocenters. The molecular formula is C18H16O4. The van der Waals surface area contributed by atoms with Crippen molar-refractivity contribution >= 4 is 5.76 Å². The van der Waals surface area contributed by atoms with Gasteiger partial charge < -0.3 is 20.1 Å². The predicted molar refractivity (Wildman–Crippen MR) is 83.9 cm³/mol. The molecule has 0 bridgehead atoms. The van der Waals surface area contributed by atoms with Crippen molar-refractivity contribution < 1.29 is 20.1 Å². The Bertz CT molecular complexity index is 775. The van der Waals surface area contributed by atoms with Crippen molar-refractivity contribution in [3.63, 3.8) is 0 Å². The lowest BCUT2D eigenvalue weighted by atomic mass is 9.94. The third-order valence-electron chi connectivity index (χ3n) is 3.60. The highest BCUT2D eigenvalue weighted by atomic mass is 16.5. The second-order valence-electron chi connectivity index (χ2n) is 5.20. The first-order valence-corrected chi connectivity index (χ1v) is 6.93. The summed E-state index contributed by atoms with van der Waals surface area (Å²) in [5, 5.41) is 29.1. The van der Waals surface area contributed by atoms with Crippen LogP contribution < -0.4 is 4.74 Å². The van der Waals surface area contributed by atoms with Crippen LogP contribution in [0.3, 0.4) is 0 Å². The first-order chi connectivity index (χ1) is 10.6. The van der Waals surface area contributed by atoms with Crippen molar-refractivity contribution in [1.29, 1.82) is 0 Å². The molecule has 0 saturated carbocycles. The lowest BCUT2D eigenvalue weighted by Gasteiger charge is -2.24. The van der Waals surface area contributed by atoms with E-state index < -0.39 is 0 Å². The lowest BCUT2D eigenvalue weighted by molar-refractivity contribution is 0.438. The van der Waals surface area contributed by atoms with E-state index in [2.05, 4.69) is 6.58 Å². The van der Waals surface area contributed by atoms with E-state index >= 15 is 0 Å². The average Bonchev–Trinajstić information content (AvgIpc) is 2.47. The van der Waals surface area contributed by atoms with Gasteiger partial charge in [-0.1, -0.05) is 12.1 Å². The Morgan fingerprint density at radius 3 is 2.50 bits per heavy atom. The minimum atomic E-state index is -0.0554. The number of aromatic hydroxyl groups is 3. The molecule has 0 spiro atoms. The molecule has 0 fully saturated rings. The number of allylic oxidation sites excluding steroid dienone is 2. The molecule has 22 heavy (non-hydrogen) atoms. The van der Waals surface area contributed by atoms with E-state index in [9.17, 15) is 15.3 Å². The van der Waals surface area contributed by atoms with Crippen molar-refractivity contribution in [3.8, 4) is 23.0 Å². The second-order valence-corrected chi connectivity index (χ2v) is 5.20. The van der Waals surface area contributed by atoms with Gasteiger partial charge >= 0.3 is 0 Å². The molecule has 0 saturated heterocycles. The largest absolute Gasteiger partial charge is 0.508 e. The number of ether oxygens (including phenoxy) is 1. The number of phenolic OH excluding ortho intramolecular Hbond substituents is 3. The van der Waals surface area contributed by atoms with Crippen molar-refractivity contribution in [2.24, 2.45) is 0 Å². The fourth-order valence-corrected chi connectivity index (χ4v) is 2.57. The van der Waals surface area contributed by atoms with Crippen molar-refractivity contribution in [2.75, 3.05) is 0 Å². The minimum absolute atomic E-state index is 0.0130. The van der Waals surface area contributed by atoms with Gasteiger partial charge in [0.1, 0.15) is 28.8 Å². The standard InChI is InChI=1S/C18H16O4/c1-2-3-12-8-11-4-5-14(20)10-17(11)22-18(12)15-7-6-13(19)9-16(15)21/h2,4-7,9-10,19-21H,1,3,8H2. The molecule has 1 aliphatic rings. The van der Waals surface area contributed by atoms with Gasteiger partial charge in [0.05, 0.1) is 5.56 Å². The number of phenols is 3. The molecule has 3 rings (SSSR count). The molecule has 2 aromatic rings. The minimum Gasteiger partial charge on any atom is -0.508 e. The van der Waals surface area contributed by atoms with Crippen LogP contribution in [0.1, 0.15) is 17.5 Å². The molecule has 0 aliphatic carbocycles. The van der Waals surface area contributed by atoms with E-state index in [0.717, 1.165) is 11.1 Å². The quantitative estimate of drug-likeness (QED) is 0.755. The summed E-state index contributed by atoms with van der Waals surface area (Å²) in [6.45, 7) is 3.76. The maximum atomic E-state index is 10.1. The van der Waals surface area contributed by atoms with E-state index in [1.54, 1.807) is 24.3 Å². The molecule has 1 aliphatic heterocycles. The number of hydrogen-bond acceptors (Lipinski definition) is 4. The van der Waals surface area contributed by atoms with Gasteiger partial charge in [-0.15, -0.1) is 6.58 Å². The van der Waals surface area contributed by atoms with Crippen LogP contribution in [0.2, 0.25) is 0 Å². The van der Waals surface area contributed by atoms with Crippen LogP contribution in [0.15, 0.2) is 54.6 Å². The van der Waals surface area contributed by atoms with Crippen LogP contribution in [-0.4, -0.2) is 15.3 Å². The second kappa shape index (κ2) is 5.48. The van der Waals surface area contributed by atoms with Crippen LogP contribution in [0, 0.1) is 0 Å². The molecule has 0 aromatic heterocycles. The summed E-state index contributed by atoms with van der Waals surface area (Å²) < 4.78 is 5.91. The average molecular weight is 296 g/mol. The summed E-state index contributed by atoms with van der Waals surface area (Å²) in [5.41, 5.74) is 2.45. The van der Waals surface area contributed by atoms with Gasteiger partial charge in [0.15, 0.2) is 0 Å². The number of hydrogen-bond donors (Lipinski definition) is 3. The molecule has 4 nitrogen and oxygen atoms in total. The SMILES string of the molecule is C=CCC1=C(c2ccc(O)cc2O)Oc2cc(O)ccc2C1. The summed E-state index contributed by atoms with van der Waals surface area (Å²) in [5.74, 6) is 1.16. The Morgan fingerprint density at radius 1 is 1.05 bits per heavy atom. The summed E-state index contributed by atoms with van der Waals surface area (Å²) in [6, 6.07) is 9.37. The Kier molecular flexibility index (Phi) is 3.51. The molecule has 2 aromatic carbocycles. The molecule has 0 amide bonds. The summed E-state index contributed by atoms with van der Waals surface area (Å²) in [6.07, 6.45) is 3.05.